The number of anilines is 2. The molecule has 0 saturated heterocycles. The van der Waals surface area contributed by atoms with Crippen molar-refractivity contribution in [2.45, 2.75) is 0 Å². The number of aromatic nitrogens is 1. The lowest BCUT2D eigenvalue weighted by Crippen LogP contribution is -1.98. The lowest BCUT2D eigenvalue weighted by molar-refractivity contribution is 0.498. The Morgan fingerprint density at radius 2 is 1.82 bits per heavy atom. The minimum atomic E-state index is -1.24. The van der Waals surface area contributed by atoms with Gasteiger partial charge in [-0.1, -0.05) is 0 Å². The van der Waals surface area contributed by atoms with Crippen LogP contribution in [0.1, 0.15) is 0 Å². The molecule has 1 aromatic heterocycles. The van der Waals surface area contributed by atoms with Gasteiger partial charge in [-0.05, 0) is 22.0 Å². The standard InChI is InChI=1S/C11H6BrF3N2/c12-6-1-8(5-16-4-6)17-10-3-7(13)2-9(14)11(10)15/h1-5,17H. The van der Waals surface area contributed by atoms with Crippen molar-refractivity contribution in [2.24, 2.45) is 0 Å². The molecule has 0 unspecified atom stereocenters. The maximum atomic E-state index is 13.3. The quantitative estimate of drug-likeness (QED) is 0.848. The van der Waals surface area contributed by atoms with E-state index < -0.39 is 17.5 Å². The van der Waals surface area contributed by atoms with Gasteiger partial charge in [0.25, 0.3) is 0 Å². The van der Waals surface area contributed by atoms with E-state index in [9.17, 15) is 13.2 Å². The van der Waals surface area contributed by atoms with E-state index in [0.29, 0.717) is 16.2 Å². The SMILES string of the molecule is Fc1cc(F)c(F)c(Nc2cncc(Br)c2)c1. The molecule has 0 fully saturated rings. The van der Waals surface area contributed by atoms with Gasteiger partial charge >= 0.3 is 0 Å². The minimum Gasteiger partial charge on any atom is -0.352 e. The van der Waals surface area contributed by atoms with Crippen LogP contribution in [-0.2, 0) is 0 Å². The molecule has 88 valence electrons. The van der Waals surface area contributed by atoms with E-state index in [1.165, 1.54) is 12.4 Å². The predicted molar refractivity (Wildman–Crippen MR) is 61.5 cm³/mol. The highest BCUT2D eigenvalue weighted by molar-refractivity contribution is 9.10. The molecule has 0 aliphatic rings. The second-order valence-electron chi connectivity index (χ2n) is 3.27. The van der Waals surface area contributed by atoms with E-state index in [1.807, 2.05) is 0 Å². The first-order chi connectivity index (χ1) is 8.06. The molecule has 0 aliphatic heterocycles. The third-order valence-electron chi connectivity index (χ3n) is 1.98. The van der Waals surface area contributed by atoms with E-state index in [2.05, 4.69) is 26.2 Å². The van der Waals surface area contributed by atoms with Crippen LogP contribution in [-0.4, -0.2) is 4.98 Å². The largest absolute Gasteiger partial charge is 0.352 e. The Morgan fingerprint density at radius 1 is 1.06 bits per heavy atom. The lowest BCUT2D eigenvalue weighted by atomic mass is 10.2. The van der Waals surface area contributed by atoms with Gasteiger partial charge in [0.05, 0.1) is 17.6 Å². The van der Waals surface area contributed by atoms with Crippen LogP contribution in [0.2, 0.25) is 0 Å². The fourth-order valence-electron chi connectivity index (χ4n) is 1.28. The molecule has 2 rings (SSSR count). The Hall–Kier alpha value is -1.56. The first kappa shape index (κ1) is 11.9. The normalized spacial score (nSPS) is 10.4. The molecule has 1 N–H and O–H groups in total. The van der Waals surface area contributed by atoms with E-state index in [1.54, 1.807) is 6.07 Å². The molecule has 2 aromatic rings. The van der Waals surface area contributed by atoms with Gasteiger partial charge in [0.1, 0.15) is 5.82 Å². The zero-order valence-corrected chi connectivity index (χ0v) is 9.93. The first-order valence-electron chi connectivity index (χ1n) is 4.58. The maximum absolute atomic E-state index is 13.3. The number of hydrogen-bond acceptors (Lipinski definition) is 2. The van der Waals surface area contributed by atoms with Crippen LogP contribution in [0.4, 0.5) is 24.5 Å². The van der Waals surface area contributed by atoms with Gasteiger partial charge < -0.3 is 5.32 Å². The van der Waals surface area contributed by atoms with Crippen LogP contribution in [0.5, 0.6) is 0 Å². The van der Waals surface area contributed by atoms with Gasteiger partial charge in [0.15, 0.2) is 11.6 Å². The fourth-order valence-corrected chi connectivity index (χ4v) is 1.65. The second-order valence-corrected chi connectivity index (χ2v) is 4.18. The summed E-state index contributed by atoms with van der Waals surface area (Å²) < 4.78 is 39.9. The Balaban J connectivity index is 2.36. The van der Waals surface area contributed by atoms with Gasteiger partial charge in [-0.3, -0.25) is 4.98 Å². The molecule has 0 bridgehead atoms. The Labute approximate surface area is 104 Å². The van der Waals surface area contributed by atoms with Crippen molar-refractivity contribution in [1.29, 1.82) is 0 Å². The van der Waals surface area contributed by atoms with Crippen LogP contribution in [0, 0.1) is 17.5 Å². The number of halogens is 4. The zero-order chi connectivity index (χ0) is 12.4. The molecular weight excluding hydrogens is 297 g/mol. The summed E-state index contributed by atoms with van der Waals surface area (Å²) in [5.74, 6) is -3.23. The highest BCUT2D eigenvalue weighted by Crippen LogP contribution is 2.24. The number of nitrogens with zero attached hydrogens (tertiary/aromatic N) is 1. The van der Waals surface area contributed by atoms with Gasteiger partial charge in [0.2, 0.25) is 0 Å². The molecule has 0 atom stereocenters. The van der Waals surface area contributed by atoms with E-state index >= 15 is 0 Å². The average molecular weight is 303 g/mol. The van der Waals surface area contributed by atoms with Gasteiger partial charge in [-0.2, -0.15) is 0 Å². The number of rotatable bonds is 2. The number of nitrogens with one attached hydrogen (secondary N) is 1. The van der Waals surface area contributed by atoms with Crippen LogP contribution in [0.25, 0.3) is 0 Å². The molecule has 0 spiro atoms. The molecule has 1 heterocycles. The molecule has 2 nitrogen and oxygen atoms in total. The number of hydrogen-bond donors (Lipinski definition) is 1. The summed E-state index contributed by atoms with van der Waals surface area (Å²) in [6.45, 7) is 0. The number of pyridine rings is 1. The Kier molecular flexibility index (Phi) is 3.33. The summed E-state index contributed by atoms with van der Waals surface area (Å²) in [7, 11) is 0. The van der Waals surface area contributed by atoms with E-state index in [4.69, 9.17) is 0 Å². The summed E-state index contributed by atoms with van der Waals surface area (Å²) in [6.07, 6.45) is 2.95. The Bertz CT molecular complexity index is 560. The second kappa shape index (κ2) is 4.75. The van der Waals surface area contributed by atoms with Crippen molar-refractivity contribution >= 4 is 27.3 Å². The van der Waals surface area contributed by atoms with Crippen LogP contribution < -0.4 is 5.32 Å². The third-order valence-corrected chi connectivity index (χ3v) is 2.41. The van der Waals surface area contributed by atoms with E-state index in [-0.39, 0.29) is 5.69 Å². The summed E-state index contributed by atoms with van der Waals surface area (Å²) in [4.78, 5) is 3.84. The van der Waals surface area contributed by atoms with Crippen molar-refractivity contribution in [3.05, 3.63) is 52.5 Å². The molecule has 6 heteroatoms. The molecule has 0 amide bonds. The summed E-state index contributed by atoms with van der Waals surface area (Å²) in [5, 5.41) is 2.55. The van der Waals surface area contributed by atoms with Gasteiger partial charge in [0, 0.05) is 22.8 Å². The fraction of sp³-hybridized carbons (Fsp3) is 0. The summed E-state index contributed by atoms with van der Waals surface area (Å²) in [5.41, 5.74) is 0.144. The highest BCUT2D eigenvalue weighted by atomic mass is 79.9. The summed E-state index contributed by atoms with van der Waals surface area (Å²) >= 11 is 3.18. The van der Waals surface area contributed by atoms with Gasteiger partial charge in [-0.25, -0.2) is 13.2 Å². The molecule has 0 radical (unpaired) electrons. The zero-order valence-electron chi connectivity index (χ0n) is 8.35. The van der Waals surface area contributed by atoms with Crippen molar-refractivity contribution < 1.29 is 13.2 Å². The highest BCUT2D eigenvalue weighted by Gasteiger charge is 2.11. The topological polar surface area (TPSA) is 24.9 Å². The van der Waals surface area contributed by atoms with Crippen LogP contribution in [0.15, 0.2) is 35.1 Å². The molecule has 1 aromatic carbocycles. The van der Waals surface area contributed by atoms with Crippen LogP contribution in [0.3, 0.4) is 0 Å². The maximum Gasteiger partial charge on any atom is 0.182 e. The summed E-state index contributed by atoms with van der Waals surface area (Å²) in [6, 6.07) is 2.97. The van der Waals surface area contributed by atoms with Crippen molar-refractivity contribution in [2.75, 3.05) is 5.32 Å². The Morgan fingerprint density at radius 3 is 2.53 bits per heavy atom. The monoisotopic (exact) mass is 302 g/mol. The predicted octanol–water partition coefficient (Wildman–Crippen LogP) is 4.01. The number of benzene rings is 1. The van der Waals surface area contributed by atoms with Gasteiger partial charge in [-0.15, -0.1) is 0 Å². The lowest BCUT2D eigenvalue weighted by Gasteiger charge is -2.08. The molecule has 0 aliphatic carbocycles. The van der Waals surface area contributed by atoms with Crippen LogP contribution >= 0.6 is 15.9 Å². The minimum absolute atomic E-state index is 0.276. The van der Waals surface area contributed by atoms with Crippen molar-refractivity contribution in [1.82, 2.24) is 4.98 Å². The van der Waals surface area contributed by atoms with Crippen molar-refractivity contribution in [3.8, 4) is 0 Å². The van der Waals surface area contributed by atoms with E-state index in [0.717, 1.165) is 6.07 Å². The molecular formula is C11H6BrF3N2. The third kappa shape index (κ3) is 2.76. The average Bonchev–Trinajstić information content (AvgIpc) is 2.25. The molecule has 0 saturated carbocycles. The smallest absolute Gasteiger partial charge is 0.182 e. The molecule has 17 heavy (non-hydrogen) atoms. The van der Waals surface area contributed by atoms with Crippen molar-refractivity contribution in [3.63, 3.8) is 0 Å². The first-order valence-corrected chi connectivity index (χ1v) is 5.37.